The van der Waals surface area contributed by atoms with Crippen molar-refractivity contribution >= 4 is 6.08 Å². The maximum atomic E-state index is 2.33. The maximum Gasteiger partial charge on any atom is 0.0667 e. The summed E-state index contributed by atoms with van der Waals surface area (Å²) in [5, 5.41) is 0. The van der Waals surface area contributed by atoms with Crippen LogP contribution >= 0.6 is 0 Å². The van der Waals surface area contributed by atoms with Crippen LogP contribution in [-0.4, -0.2) is 0 Å². The van der Waals surface area contributed by atoms with E-state index in [1.807, 2.05) is 0 Å². The highest BCUT2D eigenvalue weighted by Gasteiger charge is 2.42. The van der Waals surface area contributed by atoms with E-state index in [1.54, 1.807) is 0 Å². The summed E-state index contributed by atoms with van der Waals surface area (Å²) >= 11 is 0. The number of fused-ring (bicyclic) bond motifs is 1. The molecule has 0 nitrogen and oxygen atoms in total. The van der Waals surface area contributed by atoms with Crippen LogP contribution in [0.5, 0.6) is 0 Å². The monoisotopic (exact) mass is 282 g/mol. The predicted octanol–water partition coefficient (Wildman–Crippen LogP) is 5.44. The first kappa shape index (κ1) is 13.1. The summed E-state index contributed by atoms with van der Waals surface area (Å²) < 4.78 is 0. The summed E-state index contributed by atoms with van der Waals surface area (Å²) in [6.45, 7) is 2.25. The Balaban J connectivity index is 2.10. The minimum Gasteiger partial charge on any atom is -0.0622 e. The van der Waals surface area contributed by atoms with E-state index in [-0.39, 0.29) is 5.41 Å². The molecule has 4 rings (SSSR count). The molecule has 0 heterocycles. The Morgan fingerprint density at radius 3 is 1.68 bits per heavy atom. The second kappa shape index (κ2) is 4.99. The third-order valence-corrected chi connectivity index (χ3v) is 4.74. The summed E-state index contributed by atoms with van der Waals surface area (Å²) in [7, 11) is 0. The fourth-order valence-electron chi connectivity index (χ4n) is 3.83. The molecule has 0 atom stereocenters. The smallest absolute Gasteiger partial charge is 0.0622 e. The van der Waals surface area contributed by atoms with E-state index in [0.717, 1.165) is 0 Å². The van der Waals surface area contributed by atoms with E-state index in [1.165, 1.54) is 27.8 Å². The lowest BCUT2D eigenvalue weighted by molar-refractivity contribution is 0.744. The summed E-state index contributed by atoms with van der Waals surface area (Å²) in [6, 6.07) is 30.4. The molecule has 0 aromatic heterocycles. The molecule has 0 fully saturated rings. The molecule has 1 aliphatic rings. The van der Waals surface area contributed by atoms with Gasteiger partial charge in [0.15, 0.2) is 0 Å². The minimum absolute atomic E-state index is 0.168. The van der Waals surface area contributed by atoms with Gasteiger partial charge in [0.1, 0.15) is 0 Å². The van der Waals surface area contributed by atoms with Crippen LogP contribution in [0.25, 0.3) is 6.08 Å². The number of benzene rings is 3. The van der Waals surface area contributed by atoms with Crippen molar-refractivity contribution in [3.8, 4) is 0 Å². The lowest BCUT2D eigenvalue weighted by Gasteiger charge is -2.34. The average molecular weight is 282 g/mol. The van der Waals surface area contributed by atoms with Crippen LogP contribution in [0.1, 0.15) is 29.2 Å². The van der Waals surface area contributed by atoms with Crippen molar-refractivity contribution < 1.29 is 0 Å². The Bertz CT molecular complexity index is 787. The number of allylic oxidation sites excluding steroid dienone is 1. The summed E-state index contributed by atoms with van der Waals surface area (Å²) in [6.07, 6.45) is 2.33. The molecule has 0 saturated heterocycles. The molecule has 3 aromatic rings. The zero-order valence-electron chi connectivity index (χ0n) is 12.7. The molecular formula is C22H18. The van der Waals surface area contributed by atoms with Crippen LogP contribution in [0.2, 0.25) is 0 Å². The van der Waals surface area contributed by atoms with Gasteiger partial charge in [-0.25, -0.2) is 0 Å². The molecule has 0 aliphatic heterocycles. The predicted molar refractivity (Wildman–Crippen MR) is 92.9 cm³/mol. The van der Waals surface area contributed by atoms with E-state index in [2.05, 4.69) is 97.9 Å². The zero-order valence-corrected chi connectivity index (χ0v) is 12.7. The summed E-state index contributed by atoms with van der Waals surface area (Å²) in [5.41, 5.74) is 6.59. The first-order valence-electron chi connectivity index (χ1n) is 7.73. The van der Waals surface area contributed by atoms with Crippen molar-refractivity contribution in [1.82, 2.24) is 0 Å². The highest BCUT2D eigenvalue weighted by Crippen LogP contribution is 2.50. The van der Waals surface area contributed by atoms with Crippen LogP contribution in [0.15, 0.2) is 90.5 Å². The second-order valence-electron chi connectivity index (χ2n) is 5.90. The van der Waals surface area contributed by atoms with Gasteiger partial charge >= 0.3 is 0 Å². The van der Waals surface area contributed by atoms with Gasteiger partial charge < -0.3 is 0 Å². The third-order valence-electron chi connectivity index (χ3n) is 4.74. The first-order valence-corrected chi connectivity index (χ1v) is 7.73. The van der Waals surface area contributed by atoms with Gasteiger partial charge in [-0.3, -0.25) is 0 Å². The van der Waals surface area contributed by atoms with Crippen molar-refractivity contribution in [3.63, 3.8) is 0 Å². The normalized spacial score (nSPS) is 15.2. The standard InChI is InChI=1S/C22H18/c1-17-16-18-10-8-9-15-21(18)22(17,19-11-4-2-5-12-19)20-13-6-3-7-14-20/h2-16H,1H3. The van der Waals surface area contributed by atoms with E-state index in [4.69, 9.17) is 0 Å². The van der Waals surface area contributed by atoms with Gasteiger partial charge in [-0.15, -0.1) is 0 Å². The van der Waals surface area contributed by atoms with Crippen molar-refractivity contribution in [2.24, 2.45) is 0 Å². The average Bonchev–Trinajstić information content (AvgIpc) is 2.89. The first-order chi connectivity index (χ1) is 10.8. The number of hydrogen-bond donors (Lipinski definition) is 0. The molecule has 0 N–H and O–H groups in total. The quantitative estimate of drug-likeness (QED) is 0.587. The van der Waals surface area contributed by atoms with Crippen molar-refractivity contribution in [3.05, 3.63) is 113 Å². The van der Waals surface area contributed by atoms with Crippen LogP contribution in [-0.2, 0) is 5.41 Å². The lowest BCUT2D eigenvalue weighted by atomic mass is 9.67. The Morgan fingerprint density at radius 2 is 1.09 bits per heavy atom. The molecule has 0 amide bonds. The van der Waals surface area contributed by atoms with Gasteiger partial charge in [-0.1, -0.05) is 96.6 Å². The molecule has 3 aromatic carbocycles. The SMILES string of the molecule is CC1=Cc2ccccc2C1(c1ccccc1)c1ccccc1. The Morgan fingerprint density at radius 1 is 0.591 bits per heavy atom. The molecule has 0 radical (unpaired) electrons. The summed E-state index contributed by atoms with van der Waals surface area (Å²) in [5.74, 6) is 0. The molecule has 1 aliphatic carbocycles. The van der Waals surface area contributed by atoms with Crippen LogP contribution < -0.4 is 0 Å². The minimum atomic E-state index is -0.168. The van der Waals surface area contributed by atoms with E-state index >= 15 is 0 Å². The molecule has 0 spiro atoms. The maximum absolute atomic E-state index is 2.33. The third kappa shape index (κ3) is 1.70. The molecule has 22 heavy (non-hydrogen) atoms. The van der Waals surface area contributed by atoms with Crippen LogP contribution in [0.4, 0.5) is 0 Å². The van der Waals surface area contributed by atoms with Gasteiger partial charge in [-0.05, 0) is 29.2 Å². The fourth-order valence-corrected chi connectivity index (χ4v) is 3.83. The van der Waals surface area contributed by atoms with Crippen LogP contribution in [0.3, 0.4) is 0 Å². The fraction of sp³-hybridized carbons (Fsp3) is 0.0909. The highest BCUT2D eigenvalue weighted by atomic mass is 14.4. The van der Waals surface area contributed by atoms with Crippen molar-refractivity contribution in [2.75, 3.05) is 0 Å². The highest BCUT2D eigenvalue weighted by molar-refractivity contribution is 5.76. The van der Waals surface area contributed by atoms with Gasteiger partial charge in [0.05, 0.1) is 5.41 Å². The molecule has 0 unspecified atom stereocenters. The second-order valence-corrected chi connectivity index (χ2v) is 5.90. The Hall–Kier alpha value is -2.60. The van der Waals surface area contributed by atoms with E-state index in [0.29, 0.717) is 0 Å². The zero-order chi connectivity index (χ0) is 15.0. The van der Waals surface area contributed by atoms with Gasteiger partial charge in [-0.2, -0.15) is 0 Å². The van der Waals surface area contributed by atoms with Crippen molar-refractivity contribution in [2.45, 2.75) is 12.3 Å². The van der Waals surface area contributed by atoms with E-state index in [9.17, 15) is 0 Å². The van der Waals surface area contributed by atoms with Gasteiger partial charge in [0, 0.05) is 0 Å². The molecule has 0 bridgehead atoms. The molecular weight excluding hydrogens is 264 g/mol. The topological polar surface area (TPSA) is 0 Å². The molecule has 0 heteroatoms. The Labute approximate surface area is 131 Å². The van der Waals surface area contributed by atoms with Crippen LogP contribution in [0, 0.1) is 0 Å². The number of rotatable bonds is 2. The van der Waals surface area contributed by atoms with Gasteiger partial charge in [0.25, 0.3) is 0 Å². The van der Waals surface area contributed by atoms with Crippen molar-refractivity contribution in [1.29, 1.82) is 0 Å². The lowest BCUT2D eigenvalue weighted by Crippen LogP contribution is -2.28. The Kier molecular flexibility index (Phi) is 2.97. The molecule has 0 saturated carbocycles. The number of hydrogen-bond acceptors (Lipinski definition) is 0. The largest absolute Gasteiger partial charge is 0.0667 e. The summed E-state index contributed by atoms with van der Waals surface area (Å²) in [4.78, 5) is 0. The van der Waals surface area contributed by atoms with Gasteiger partial charge in [0.2, 0.25) is 0 Å². The van der Waals surface area contributed by atoms with E-state index < -0.39 is 0 Å². The molecule has 106 valence electrons.